The van der Waals surface area contributed by atoms with E-state index in [9.17, 15) is 8.78 Å². The molecule has 2 aromatic rings. The molecule has 1 heterocycles. The first-order valence-electron chi connectivity index (χ1n) is 5.34. The zero-order valence-corrected chi connectivity index (χ0v) is 10.2. The van der Waals surface area contributed by atoms with Gasteiger partial charge in [-0.15, -0.1) is 0 Å². The Morgan fingerprint density at radius 2 is 1.94 bits per heavy atom. The summed E-state index contributed by atoms with van der Waals surface area (Å²) in [6.07, 6.45) is 0.581. The molecule has 0 aliphatic carbocycles. The lowest BCUT2D eigenvalue weighted by Gasteiger charge is -2.17. The van der Waals surface area contributed by atoms with E-state index in [-0.39, 0.29) is 11.6 Å². The van der Waals surface area contributed by atoms with E-state index in [0.29, 0.717) is 6.42 Å². The van der Waals surface area contributed by atoms with Gasteiger partial charge >= 0.3 is 0 Å². The van der Waals surface area contributed by atoms with Gasteiger partial charge in [0.25, 0.3) is 0 Å². The molecular weight excluding hydrogens is 240 g/mol. The average molecular weight is 253 g/mol. The summed E-state index contributed by atoms with van der Waals surface area (Å²) in [6, 6.07) is 5.58. The van der Waals surface area contributed by atoms with Gasteiger partial charge in [0.1, 0.15) is 11.6 Å². The van der Waals surface area contributed by atoms with Gasteiger partial charge in [-0.05, 0) is 48.0 Å². The van der Waals surface area contributed by atoms with Crippen LogP contribution in [0.5, 0.6) is 0 Å². The van der Waals surface area contributed by atoms with Crippen LogP contribution in [0.3, 0.4) is 0 Å². The van der Waals surface area contributed by atoms with Gasteiger partial charge in [-0.1, -0.05) is 6.07 Å². The molecular formula is C13H13F2NS. The van der Waals surface area contributed by atoms with Crippen molar-refractivity contribution in [3.05, 3.63) is 57.8 Å². The number of benzene rings is 1. The van der Waals surface area contributed by atoms with E-state index < -0.39 is 11.6 Å². The summed E-state index contributed by atoms with van der Waals surface area (Å²) < 4.78 is 27.3. The minimum atomic E-state index is -0.500. The van der Waals surface area contributed by atoms with Crippen molar-refractivity contribution in [2.45, 2.75) is 12.5 Å². The van der Waals surface area contributed by atoms with Crippen molar-refractivity contribution in [1.29, 1.82) is 0 Å². The predicted octanol–water partition coefficient (Wildman–Crippen LogP) is 3.53. The molecule has 1 aromatic heterocycles. The second-order valence-corrected chi connectivity index (χ2v) is 4.59. The smallest absolute Gasteiger partial charge is 0.130 e. The van der Waals surface area contributed by atoms with Gasteiger partial charge in [-0.2, -0.15) is 11.3 Å². The lowest BCUT2D eigenvalue weighted by Crippen LogP contribution is -2.21. The molecule has 1 unspecified atom stereocenters. The van der Waals surface area contributed by atoms with Crippen LogP contribution in [0.1, 0.15) is 17.2 Å². The Bertz CT molecular complexity index is 462. The van der Waals surface area contributed by atoms with Crippen molar-refractivity contribution < 1.29 is 8.78 Å². The summed E-state index contributed by atoms with van der Waals surface area (Å²) in [5.41, 5.74) is 1.19. The van der Waals surface area contributed by atoms with E-state index in [2.05, 4.69) is 5.32 Å². The van der Waals surface area contributed by atoms with Crippen LogP contribution >= 0.6 is 11.3 Å². The summed E-state index contributed by atoms with van der Waals surface area (Å²) in [4.78, 5) is 0. The fraction of sp³-hybridized carbons (Fsp3) is 0.231. The van der Waals surface area contributed by atoms with Crippen molar-refractivity contribution in [3.63, 3.8) is 0 Å². The Morgan fingerprint density at radius 3 is 2.47 bits per heavy atom. The molecule has 1 atom stereocenters. The van der Waals surface area contributed by atoms with Gasteiger partial charge in [-0.25, -0.2) is 8.78 Å². The third-order valence-corrected chi connectivity index (χ3v) is 3.45. The van der Waals surface area contributed by atoms with E-state index >= 15 is 0 Å². The van der Waals surface area contributed by atoms with E-state index in [1.54, 1.807) is 18.4 Å². The number of hydrogen-bond acceptors (Lipinski definition) is 2. The molecule has 0 fully saturated rings. The number of thiophene rings is 1. The van der Waals surface area contributed by atoms with Crippen LogP contribution in [0.4, 0.5) is 8.78 Å². The first-order chi connectivity index (χ1) is 8.22. The Labute approximate surface area is 103 Å². The number of nitrogens with one attached hydrogen (secondary N) is 1. The summed E-state index contributed by atoms with van der Waals surface area (Å²) in [6.45, 7) is 0. The maximum atomic E-state index is 13.6. The lowest BCUT2D eigenvalue weighted by atomic mass is 9.99. The fourth-order valence-corrected chi connectivity index (χ4v) is 2.52. The average Bonchev–Trinajstić information content (AvgIpc) is 2.80. The zero-order chi connectivity index (χ0) is 12.3. The first-order valence-corrected chi connectivity index (χ1v) is 6.29. The molecule has 90 valence electrons. The highest BCUT2D eigenvalue weighted by Gasteiger charge is 2.18. The molecule has 17 heavy (non-hydrogen) atoms. The van der Waals surface area contributed by atoms with Crippen LogP contribution in [0.25, 0.3) is 0 Å². The number of hydrogen-bond donors (Lipinski definition) is 1. The molecule has 1 N–H and O–H groups in total. The highest BCUT2D eigenvalue weighted by Crippen LogP contribution is 2.24. The van der Waals surface area contributed by atoms with E-state index in [1.165, 1.54) is 18.2 Å². The molecule has 0 amide bonds. The summed E-state index contributed by atoms with van der Waals surface area (Å²) in [5, 5.41) is 6.91. The number of halogens is 2. The van der Waals surface area contributed by atoms with Crippen molar-refractivity contribution in [2.24, 2.45) is 0 Å². The molecule has 0 saturated heterocycles. The van der Waals surface area contributed by atoms with Gasteiger partial charge in [0.05, 0.1) is 0 Å². The summed E-state index contributed by atoms with van der Waals surface area (Å²) in [7, 11) is 1.71. The minimum Gasteiger partial charge on any atom is -0.313 e. The van der Waals surface area contributed by atoms with Crippen molar-refractivity contribution in [1.82, 2.24) is 5.32 Å². The van der Waals surface area contributed by atoms with E-state index in [1.807, 2.05) is 16.8 Å². The topological polar surface area (TPSA) is 12.0 Å². The van der Waals surface area contributed by atoms with Crippen LogP contribution < -0.4 is 5.32 Å². The van der Waals surface area contributed by atoms with Crippen LogP contribution in [-0.2, 0) is 6.42 Å². The van der Waals surface area contributed by atoms with Gasteiger partial charge in [0.15, 0.2) is 0 Å². The SMILES string of the molecule is CNC(Cc1ccsc1)c1c(F)cccc1F. The van der Waals surface area contributed by atoms with Crippen molar-refractivity contribution in [2.75, 3.05) is 7.05 Å². The first kappa shape index (κ1) is 12.2. The molecule has 0 spiro atoms. The monoisotopic (exact) mass is 253 g/mol. The summed E-state index contributed by atoms with van der Waals surface area (Å²) in [5.74, 6) is -1.00. The Kier molecular flexibility index (Phi) is 3.86. The molecule has 4 heteroatoms. The van der Waals surface area contributed by atoms with Gasteiger partial charge < -0.3 is 5.32 Å². The molecule has 0 bridgehead atoms. The van der Waals surface area contributed by atoms with E-state index in [4.69, 9.17) is 0 Å². The third-order valence-electron chi connectivity index (χ3n) is 2.72. The largest absolute Gasteiger partial charge is 0.313 e. The third kappa shape index (κ3) is 2.70. The zero-order valence-electron chi connectivity index (χ0n) is 9.41. The number of likely N-dealkylation sites (N-methyl/N-ethyl adjacent to an activating group) is 1. The van der Waals surface area contributed by atoms with Crippen molar-refractivity contribution in [3.8, 4) is 0 Å². The maximum absolute atomic E-state index is 13.6. The number of rotatable bonds is 4. The molecule has 1 nitrogen and oxygen atoms in total. The standard InChI is InChI=1S/C13H13F2NS/c1-16-12(7-9-5-6-17-8-9)13-10(14)3-2-4-11(13)15/h2-6,8,12,16H,7H2,1H3. The Morgan fingerprint density at radius 1 is 1.24 bits per heavy atom. The van der Waals surface area contributed by atoms with Crippen LogP contribution in [0.15, 0.2) is 35.0 Å². The van der Waals surface area contributed by atoms with Crippen LogP contribution in [-0.4, -0.2) is 7.05 Å². The van der Waals surface area contributed by atoms with Gasteiger partial charge in [0, 0.05) is 11.6 Å². The van der Waals surface area contributed by atoms with Crippen molar-refractivity contribution >= 4 is 11.3 Å². The molecule has 0 aliphatic heterocycles. The fourth-order valence-electron chi connectivity index (χ4n) is 1.84. The Hall–Kier alpha value is -1.26. The van der Waals surface area contributed by atoms with Gasteiger partial charge in [0.2, 0.25) is 0 Å². The van der Waals surface area contributed by atoms with Gasteiger partial charge in [-0.3, -0.25) is 0 Å². The second kappa shape index (κ2) is 5.38. The predicted molar refractivity (Wildman–Crippen MR) is 66.2 cm³/mol. The second-order valence-electron chi connectivity index (χ2n) is 3.81. The highest BCUT2D eigenvalue weighted by atomic mass is 32.1. The molecule has 1 aromatic carbocycles. The Balaban J connectivity index is 2.29. The molecule has 0 saturated carbocycles. The molecule has 2 rings (SSSR count). The maximum Gasteiger partial charge on any atom is 0.130 e. The van der Waals surface area contributed by atoms with Crippen LogP contribution in [0, 0.1) is 11.6 Å². The minimum absolute atomic E-state index is 0.112. The quantitative estimate of drug-likeness (QED) is 0.879. The van der Waals surface area contributed by atoms with Crippen LogP contribution in [0.2, 0.25) is 0 Å². The molecule has 0 radical (unpaired) electrons. The van der Waals surface area contributed by atoms with E-state index in [0.717, 1.165) is 5.56 Å². The summed E-state index contributed by atoms with van der Waals surface area (Å²) >= 11 is 1.58. The highest BCUT2D eigenvalue weighted by molar-refractivity contribution is 7.07. The molecule has 0 aliphatic rings. The normalized spacial score (nSPS) is 12.6. The lowest BCUT2D eigenvalue weighted by molar-refractivity contribution is 0.489.